The molecule has 0 aliphatic carbocycles. The molecule has 1 atom stereocenters. The summed E-state index contributed by atoms with van der Waals surface area (Å²) in [4.78, 5) is 9.51. The van der Waals surface area contributed by atoms with Crippen molar-refractivity contribution in [3.8, 4) is 0 Å². The molecular weight excluding hydrogens is 328 g/mol. The molecule has 2 rings (SSSR count). The van der Waals surface area contributed by atoms with Crippen LogP contribution in [0.5, 0.6) is 0 Å². The van der Waals surface area contributed by atoms with E-state index in [0.29, 0.717) is 12.1 Å². The van der Waals surface area contributed by atoms with Crippen LogP contribution in [0.25, 0.3) is 0 Å². The van der Waals surface area contributed by atoms with E-state index in [1.807, 2.05) is 7.05 Å². The summed E-state index contributed by atoms with van der Waals surface area (Å²) in [5.41, 5.74) is 0. The number of methoxy groups -OCH3 is 1. The van der Waals surface area contributed by atoms with Gasteiger partial charge < -0.3 is 24.6 Å². The molecule has 2 fully saturated rings. The Balaban J connectivity index is 1.68. The van der Waals surface area contributed by atoms with Crippen molar-refractivity contribution in [3.63, 3.8) is 0 Å². The summed E-state index contributed by atoms with van der Waals surface area (Å²) in [5.74, 6) is 1.79. The largest absolute Gasteiger partial charge is 0.385 e. The standard InChI is InChI=1S/C20H40N4O2/c1-17(2)24-10-5-7-18(16-24)15-22-20(21-3)23-11-8-19(9-12-23)26-14-6-13-25-4/h17-19H,5-16H2,1-4H3,(H,21,22). The molecule has 0 aromatic heterocycles. The number of nitrogens with zero attached hydrogens (tertiary/aromatic N) is 3. The van der Waals surface area contributed by atoms with Gasteiger partial charge in [-0.1, -0.05) is 0 Å². The Morgan fingerprint density at radius 3 is 2.58 bits per heavy atom. The zero-order chi connectivity index (χ0) is 18.8. The van der Waals surface area contributed by atoms with Gasteiger partial charge in [0, 0.05) is 59.6 Å². The van der Waals surface area contributed by atoms with E-state index in [4.69, 9.17) is 9.47 Å². The van der Waals surface area contributed by atoms with Gasteiger partial charge >= 0.3 is 0 Å². The highest BCUT2D eigenvalue weighted by Gasteiger charge is 2.24. The van der Waals surface area contributed by atoms with Crippen LogP contribution < -0.4 is 5.32 Å². The fourth-order valence-corrected chi connectivity index (χ4v) is 3.99. The molecule has 0 spiro atoms. The van der Waals surface area contributed by atoms with Crippen molar-refractivity contribution in [1.29, 1.82) is 0 Å². The first-order valence-electron chi connectivity index (χ1n) is 10.4. The molecule has 2 aliphatic rings. The van der Waals surface area contributed by atoms with Crippen LogP contribution in [-0.2, 0) is 9.47 Å². The quantitative estimate of drug-likeness (QED) is 0.404. The number of piperidine rings is 2. The SMILES string of the molecule is CN=C(NCC1CCCN(C(C)C)C1)N1CCC(OCCCOC)CC1. The first-order chi connectivity index (χ1) is 12.6. The minimum Gasteiger partial charge on any atom is -0.385 e. The predicted molar refractivity (Wildman–Crippen MR) is 108 cm³/mol. The molecule has 0 amide bonds. The molecule has 0 bridgehead atoms. The van der Waals surface area contributed by atoms with Gasteiger partial charge in [-0.15, -0.1) is 0 Å². The van der Waals surface area contributed by atoms with Crippen molar-refractivity contribution in [3.05, 3.63) is 0 Å². The molecule has 0 aromatic rings. The van der Waals surface area contributed by atoms with Crippen molar-refractivity contribution in [2.45, 2.75) is 58.1 Å². The smallest absolute Gasteiger partial charge is 0.193 e. The van der Waals surface area contributed by atoms with Crippen LogP contribution in [0.15, 0.2) is 4.99 Å². The van der Waals surface area contributed by atoms with Gasteiger partial charge in [0.1, 0.15) is 0 Å². The number of rotatable bonds is 8. The molecule has 2 heterocycles. The van der Waals surface area contributed by atoms with Crippen molar-refractivity contribution < 1.29 is 9.47 Å². The first-order valence-corrected chi connectivity index (χ1v) is 10.4. The second-order valence-corrected chi connectivity index (χ2v) is 7.93. The van der Waals surface area contributed by atoms with E-state index in [1.54, 1.807) is 7.11 Å². The summed E-state index contributed by atoms with van der Waals surface area (Å²) >= 11 is 0. The highest BCUT2D eigenvalue weighted by Crippen LogP contribution is 2.18. The Morgan fingerprint density at radius 2 is 1.92 bits per heavy atom. The number of nitrogens with one attached hydrogen (secondary N) is 1. The Kier molecular flexibility index (Phi) is 9.72. The van der Waals surface area contributed by atoms with Crippen molar-refractivity contribution in [1.82, 2.24) is 15.1 Å². The predicted octanol–water partition coefficient (Wildman–Crippen LogP) is 2.20. The lowest BCUT2D eigenvalue weighted by atomic mass is 9.97. The monoisotopic (exact) mass is 368 g/mol. The zero-order valence-corrected chi connectivity index (χ0v) is 17.4. The van der Waals surface area contributed by atoms with E-state index in [0.717, 1.165) is 64.0 Å². The van der Waals surface area contributed by atoms with Crippen LogP contribution in [0, 0.1) is 5.92 Å². The number of hydrogen-bond donors (Lipinski definition) is 1. The van der Waals surface area contributed by atoms with E-state index in [2.05, 4.69) is 34.0 Å². The number of aliphatic imine (C=N–C) groups is 1. The van der Waals surface area contributed by atoms with Crippen LogP contribution in [0.3, 0.4) is 0 Å². The highest BCUT2D eigenvalue weighted by atomic mass is 16.5. The number of likely N-dealkylation sites (tertiary alicyclic amines) is 2. The van der Waals surface area contributed by atoms with Gasteiger partial charge in [-0.25, -0.2) is 0 Å². The summed E-state index contributed by atoms with van der Waals surface area (Å²) in [6, 6.07) is 0.653. The third kappa shape index (κ3) is 7.05. The Labute approximate surface area is 160 Å². The van der Waals surface area contributed by atoms with E-state index < -0.39 is 0 Å². The molecule has 2 aliphatic heterocycles. The molecule has 6 heteroatoms. The Bertz CT molecular complexity index is 409. The average Bonchev–Trinajstić information content (AvgIpc) is 2.67. The van der Waals surface area contributed by atoms with Crippen LogP contribution in [0.2, 0.25) is 0 Å². The van der Waals surface area contributed by atoms with Crippen LogP contribution >= 0.6 is 0 Å². The molecular formula is C20H40N4O2. The van der Waals surface area contributed by atoms with Gasteiger partial charge in [0.05, 0.1) is 6.10 Å². The van der Waals surface area contributed by atoms with E-state index in [-0.39, 0.29) is 0 Å². The van der Waals surface area contributed by atoms with Crippen molar-refractivity contribution in [2.75, 3.05) is 60.1 Å². The van der Waals surface area contributed by atoms with Gasteiger partial charge in [-0.05, 0) is 58.4 Å². The van der Waals surface area contributed by atoms with E-state index in [9.17, 15) is 0 Å². The van der Waals surface area contributed by atoms with Gasteiger partial charge in [-0.2, -0.15) is 0 Å². The average molecular weight is 369 g/mol. The lowest BCUT2D eigenvalue weighted by Crippen LogP contribution is -2.49. The van der Waals surface area contributed by atoms with Crippen LogP contribution in [-0.4, -0.2) is 88.0 Å². The Hall–Kier alpha value is -0.850. The lowest BCUT2D eigenvalue weighted by Gasteiger charge is -2.37. The molecule has 1 unspecified atom stereocenters. The van der Waals surface area contributed by atoms with E-state index in [1.165, 1.54) is 25.9 Å². The second kappa shape index (κ2) is 11.8. The maximum Gasteiger partial charge on any atom is 0.193 e. The minimum atomic E-state index is 0.388. The lowest BCUT2D eigenvalue weighted by molar-refractivity contribution is 0.00985. The fourth-order valence-electron chi connectivity index (χ4n) is 3.99. The normalized spacial score (nSPS) is 23.7. The zero-order valence-electron chi connectivity index (χ0n) is 17.4. The second-order valence-electron chi connectivity index (χ2n) is 7.93. The molecule has 0 aromatic carbocycles. The van der Waals surface area contributed by atoms with Crippen molar-refractivity contribution >= 4 is 5.96 Å². The molecule has 26 heavy (non-hydrogen) atoms. The summed E-state index contributed by atoms with van der Waals surface area (Å²) in [6.07, 6.45) is 6.17. The maximum atomic E-state index is 5.96. The van der Waals surface area contributed by atoms with Gasteiger partial charge in [-0.3, -0.25) is 4.99 Å². The molecule has 152 valence electrons. The summed E-state index contributed by atoms with van der Waals surface area (Å²) in [6.45, 7) is 11.7. The molecule has 0 radical (unpaired) electrons. The molecule has 2 saturated heterocycles. The molecule has 0 saturated carbocycles. The topological polar surface area (TPSA) is 49.3 Å². The number of guanidine groups is 1. The van der Waals surface area contributed by atoms with Crippen LogP contribution in [0.4, 0.5) is 0 Å². The minimum absolute atomic E-state index is 0.388. The van der Waals surface area contributed by atoms with Gasteiger partial charge in [0.2, 0.25) is 0 Å². The maximum absolute atomic E-state index is 5.96. The summed E-state index contributed by atoms with van der Waals surface area (Å²) in [7, 11) is 3.64. The van der Waals surface area contributed by atoms with Crippen LogP contribution in [0.1, 0.15) is 46.0 Å². The summed E-state index contributed by atoms with van der Waals surface area (Å²) < 4.78 is 11.0. The van der Waals surface area contributed by atoms with Gasteiger partial charge in [0.25, 0.3) is 0 Å². The Morgan fingerprint density at radius 1 is 1.15 bits per heavy atom. The molecule has 6 nitrogen and oxygen atoms in total. The van der Waals surface area contributed by atoms with Gasteiger partial charge in [0.15, 0.2) is 5.96 Å². The number of hydrogen-bond acceptors (Lipinski definition) is 4. The number of ether oxygens (including phenoxy) is 2. The van der Waals surface area contributed by atoms with Crippen molar-refractivity contribution in [2.24, 2.45) is 10.9 Å². The third-order valence-electron chi connectivity index (χ3n) is 5.63. The first kappa shape index (κ1) is 21.5. The third-order valence-corrected chi connectivity index (χ3v) is 5.63. The fraction of sp³-hybridized carbons (Fsp3) is 0.950. The molecule has 1 N–H and O–H groups in total. The van der Waals surface area contributed by atoms with E-state index >= 15 is 0 Å². The highest BCUT2D eigenvalue weighted by molar-refractivity contribution is 5.79. The summed E-state index contributed by atoms with van der Waals surface area (Å²) in [5, 5.41) is 3.63.